The number of imidazole rings is 1. The first-order valence-corrected chi connectivity index (χ1v) is 11.0. The molecule has 0 aliphatic heterocycles. The standard InChI is InChI=1S/C26H24N6/c1-15-4-2-3-5-20(15)21-9-8-16-6-7-17(14-22(16)30-21)23-24-25(28)29-10-11-32(24)26(31-23)18-12-19(27)13-18/h2-11,14-15,18,20,27H,12-13H2,1H3,(H2,28,29). The fourth-order valence-corrected chi connectivity index (χ4v) is 4.85. The fraction of sp³-hybridized carbons (Fsp3) is 0.231. The van der Waals surface area contributed by atoms with Crippen molar-refractivity contribution in [1.82, 2.24) is 19.4 Å². The molecule has 1 aromatic carbocycles. The van der Waals surface area contributed by atoms with Gasteiger partial charge in [0.15, 0.2) is 0 Å². The van der Waals surface area contributed by atoms with Gasteiger partial charge in [-0.3, -0.25) is 9.38 Å². The molecular formula is C26H24N6. The maximum absolute atomic E-state index is 7.85. The van der Waals surface area contributed by atoms with Crippen LogP contribution in [0.2, 0.25) is 0 Å². The van der Waals surface area contributed by atoms with Crippen molar-refractivity contribution in [3.8, 4) is 11.3 Å². The van der Waals surface area contributed by atoms with Crippen LogP contribution < -0.4 is 5.73 Å². The van der Waals surface area contributed by atoms with Gasteiger partial charge in [0.05, 0.1) is 5.52 Å². The number of hydrogen-bond donors (Lipinski definition) is 2. The minimum Gasteiger partial charge on any atom is -0.382 e. The lowest BCUT2D eigenvalue weighted by atomic mass is 9.83. The summed E-state index contributed by atoms with van der Waals surface area (Å²) >= 11 is 0. The molecule has 0 radical (unpaired) electrons. The SMILES string of the molecule is CC1C=CC=CC1c1ccc2ccc(-c3nc(C4CC(=N)C4)n4ccnc(N)c34)cc2n1. The lowest BCUT2D eigenvalue weighted by Crippen LogP contribution is -2.22. The summed E-state index contributed by atoms with van der Waals surface area (Å²) in [6.07, 6.45) is 13.8. The van der Waals surface area contributed by atoms with Crippen molar-refractivity contribution >= 4 is 27.9 Å². The Morgan fingerprint density at radius 3 is 2.69 bits per heavy atom. The Morgan fingerprint density at radius 2 is 1.88 bits per heavy atom. The van der Waals surface area contributed by atoms with Crippen LogP contribution in [0.5, 0.6) is 0 Å². The van der Waals surface area contributed by atoms with Gasteiger partial charge in [-0.25, -0.2) is 9.97 Å². The third-order valence-electron chi connectivity index (χ3n) is 6.70. The zero-order valence-corrected chi connectivity index (χ0v) is 17.9. The Hall–Kier alpha value is -3.80. The number of allylic oxidation sites excluding steroid dienone is 4. The van der Waals surface area contributed by atoms with Crippen LogP contribution in [-0.4, -0.2) is 25.1 Å². The van der Waals surface area contributed by atoms with Gasteiger partial charge in [-0.15, -0.1) is 0 Å². The molecule has 1 saturated carbocycles. The summed E-state index contributed by atoms with van der Waals surface area (Å²) in [6.45, 7) is 2.22. The molecule has 0 saturated heterocycles. The van der Waals surface area contributed by atoms with Crippen LogP contribution in [0.15, 0.2) is 67.0 Å². The van der Waals surface area contributed by atoms with Crippen LogP contribution in [0.4, 0.5) is 5.82 Å². The topological polar surface area (TPSA) is 93.0 Å². The summed E-state index contributed by atoms with van der Waals surface area (Å²) in [6, 6.07) is 10.6. The van der Waals surface area contributed by atoms with Gasteiger partial charge >= 0.3 is 0 Å². The molecule has 6 nitrogen and oxygen atoms in total. The molecule has 3 heterocycles. The molecule has 32 heavy (non-hydrogen) atoms. The molecule has 3 aromatic heterocycles. The molecule has 2 unspecified atom stereocenters. The lowest BCUT2D eigenvalue weighted by Gasteiger charge is -2.25. The van der Waals surface area contributed by atoms with Crippen LogP contribution in [0.1, 0.15) is 43.1 Å². The first-order chi connectivity index (χ1) is 15.6. The molecule has 2 aliphatic rings. The van der Waals surface area contributed by atoms with Crippen molar-refractivity contribution in [3.05, 3.63) is 78.5 Å². The van der Waals surface area contributed by atoms with Crippen molar-refractivity contribution in [3.63, 3.8) is 0 Å². The Morgan fingerprint density at radius 1 is 1.06 bits per heavy atom. The Balaban J connectivity index is 1.49. The maximum atomic E-state index is 7.85. The summed E-state index contributed by atoms with van der Waals surface area (Å²) in [4.78, 5) is 14.3. The van der Waals surface area contributed by atoms with E-state index >= 15 is 0 Å². The summed E-state index contributed by atoms with van der Waals surface area (Å²) in [5.41, 5.74) is 11.7. The van der Waals surface area contributed by atoms with Crippen molar-refractivity contribution in [2.45, 2.75) is 31.6 Å². The highest BCUT2D eigenvalue weighted by atomic mass is 15.1. The number of nitrogens with zero attached hydrogens (tertiary/aromatic N) is 4. The number of aromatic nitrogens is 4. The molecule has 0 amide bonds. The average molecular weight is 421 g/mol. The number of nitrogens with one attached hydrogen (secondary N) is 1. The van der Waals surface area contributed by atoms with Gasteiger partial charge in [0.1, 0.15) is 22.9 Å². The molecular weight excluding hydrogens is 396 g/mol. The normalized spacial score (nSPS) is 22.5. The quantitative estimate of drug-likeness (QED) is 0.472. The Labute approximate surface area is 186 Å². The monoisotopic (exact) mass is 420 g/mol. The van der Waals surface area contributed by atoms with Crippen LogP contribution in [0.3, 0.4) is 0 Å². The third kappa shape index (κ3) is 2.94. The summed E-state index contributed by atoms with van der Waals surface area (Å²) in [7, 11) is 0. The highest BCUT2D eigenvalue weighted by molar-refractivity contribution is 5.92. The highest BCUT2D eigenvalue weighted by Gasteiger charge is 2.30. The lowest BCUT2D eigenvalue weighted by molar-refractivity contribution is 0.608. The van der Waals surface area contributed by atoms with E-state index in [4.69, 9.17) is 21.1 Å². The number of hydrogen-bond acceptors (Lipinski definition) is 5. The van der Waals surface area contributed by atoms with Gasteiger partial charge in [0.2, 0.25) is 0 Å². The average Bonchev–Trinajstić information content (AvgIpc) is 3.17. The van der Waals surface area contributed by atoms with Crippen LogP contribution >= 0.6 is 0 Å². The van der Waals surface area contributed by atoms with E-state index in [9.17, 15) is 0 Å². The number of anilines is 1. The molecule has 0 bridgehead atoms. The molecule has 2 atom stereocenters. The number of nitrogen functional groups attached to an aromatic ring is 1. The third-order valence-corrected chi connectivity index (χ3v) is 6.70. The molecule has 3 N–H and O–H groups in total. The number of rotatable bonds is 3. The van der Waals surface area contributed by atoms with E-state index in [1.165, 1.54) is 0 Å². The minimum absolute atomic E-state index is 0.253. The molecule has 6 rings (SSSR count). The number of pyridine rings is 1. The molecule has 6 heteroatoms. The highest BCUT2D eigenvalue weighted by Crippen LogP contribution is 2.38. The number of benzene rings is 1. The van der Waals surface area contributed by atoms with Crippen molar-refractivity contribution in [2.24, 2.45) is 5.92 Å². The van der Waals surface area contributed by atoms with E-state index in [-0.39, 0.29) is 11.8 Å². The predicted octanol–water partition coefficient (Wildman–Crippen LogP) is 5.27. The van der Waals surface area contributed by atoms with Crippen molar-refractivity contribution in [2.75, 3.05) is 5.73 Å². The van der Waals surface area contributed by atoms with E-state index in [2.05, 4.69) is 66.5 Å². The van der Waals surface area contributed by atoms with E-state index in [0.717, 1.165) is 57.7 Å². The second-order valence-electron chi connectivity index (χ2n) is 8.86. The fourth-order valence-electron chi connectivity index (χ4n) is 4.85. The van der Waals surface area contributed by atoms with Gasteiger partial charge in [0.25, 0.3) is 0 Å². The van der Waals surface area contributed by atoms with Crippen molar-refractivity contribution < 1.29 is 0 Å². The van der Waals surface area contributed by atoms with E-state index < -0.39 is 0 Å². The zero-order valence-electron chi connectivity index (χ0n) is 17.9. The second kappa shape index (κ2) is 7.12. The Kier molecular flexibility index (Phi) is 4.21. The molecule has 4 aromatic rings. The molecule has 158 valence electrons. The Bertz CT molecular complexity index is 1440. The number of fused-ring (bicyclic) bond motifs is 2. The second-order valence-corrected chi connectivity index (χ2v) is 8.86. The van der Waals surface area contributed by atoms with E-state index in [1.54, 1.807) is 6.20 Å². The summed E-state index contributed by atoms with van der Waals surface area (Å²) < 4.78 is 2.05. The van der Waals surface area contributed by atoms with Crippen LogP contribution in [0, 0.1) is 11.3 Å². The maximum Gasteiger partial charge on any atom is 0.150 e. The van der Waals surface area contributed by atoms with Gasteiger partial charge in [-0.05, 0) is 30.9 Å². The molecule has 0 spiro atoms. The summed E-state index contributed by atoms with van der Waals surface area (Å²) in [5, 5.41) is 8.95. The smallest absolute Gasteiger partial charge is 0.150 e. The first-order valence-electron chi connectivity index (χ1n) is 11.0. The minimum atomic E-state index is 0.253. The van der Waals surface area contributed by atoms with Crippen LogP contribution in [0.25, 0.3) is 27.7 Å². The predicted molar refractivity (Wildman–Crippen MR) is 128 cm³/mol. The molecule has 2 aliphatic carbocycles. The largest absolute Gasteiger partial charge is 0.382 e. The first kappa shape index (κ1) is 18.9. The number of nitrogens with two attached hydrogens (primary N) is 1. The van der Waals surface area contributed by atoms with E-state index in [1.807, 2.05) is 10.6 Å². The van der Waals surface area contributed by atoms with Gasteiger partial charge < -0.3 is 11.1 Å². The van der Waals surface area contributed by atoms with E-state index in [0.29, 0.717) is 11.7 Å². The van der Waals surface area contributed by atoms with Crippen LogP contribution in [-0.2, 0) is 0 Å². The molecule has 1 fully saturated rings. The van der Waals surface area contributed by atoms with Gasteiger partial charge in [-0.2, -0.15) is 0 Å². The van der Waals surface area contributed by atoms with Gasteiger partial charge in [-0.1, -0.05) is 49.4 Å². The van der Waals surface area contributed by atoms with Crippen molar-refractivity contribution in [1.29, 1.82) is 5.41 Å². The zero-order chi connectivity index (χ0) is 21.8. The van der Waals surface area contributed by atoms with Gasteiger partial charge in [0, 0.05) is 46.6 Å². The summed E-state index contributed by atoms with van der Waals surface area (Å²) in [5.74, 6) is 2.37.